The Hall–Kier alpha value is -0.0900. The molecule has 0 aromatic carbocycles. The summed E-state index contributed by atoms with van der Waals surface area (Å²) >= 11 is 0. The van der Waals surface area contributed by atoms with Gasteiger partial charge in [0.25, 0.3) is 10.1 Å². The Kier molecular flexibility index (Phi) is 3.58. The molecule has 1 aliphatic rings. The maximum Gasteiger partial charge on any atom is 0.270 e. The lowest BCUT2D eigenvalue weighted by Crippen LogP contribution is -2.35. The Morgan fingerprint density at radius 2 is 2.14 bits per heavy atom. The molecule has 4 heteroatoms. The molecule has 1 saturated carbocycles. The van der Waals surface area contributed by atoms with Crippen LogP contribution in [0.5, 0.6) is 0 Å². The largest absolute Gasteiger partial charge is 0.285 e. The van der Waals surface area contributed by atoms with Crippen LogP contribution in [0.4, 0.5) is 0 Å². The van der Waals surface area contributed by atoms with E-state index in [0.717, 1.165) is 19.3 Å². The molecule has 0 aliphatic heterocycles. The highest BCUT2D eigenvalue weighted by molar-refractivity contribution is 7.87. The SMILES string of the molecule is CCCCC1(S(=O)(=O)O)CCC(C)C1. The molecule has 0 bridgehead atoms. The second-order valence-electron chi connectivity index (χ2n) is 4.61. The Balaban J connectivity index is 2.81. The standard InChI is InChI=1S/C10H20O3S/c1-3-4-6-10(14(11,12)13)7-5-9(2)8-10/h9H,3-8H2,1-2H3,(H,11,12,13). The Morgan fingerprint density at radius 3 is 2.50 bits per heavy atom. The van der Waals surface area contributed by atoms with E-state index in [1.165, 1.54) is 0 Å². The Bertz CT molecular complexity index is 284. The molecule has 1 fully saturated rings. The Morgan fingerprint density at radius 1 is 1.50 bits per heavy atom. The van der Waals surface area contributed by atoms with Gasteiger partial charge in [0, 0.05) is 0 Å². The summed E-state index contributed by atoms with van der Waals surface area (Å²) in [5, 5.41) is 0. The number of rotatable bonds is 4. The summed E-state index contributed by atoms with van der Waals surface area (Å²) in [5.74, 6) is 0.425. The van der Waals surface area contributed by atoms with Gasteiger partial charge in [0.15, 0.2) is 0 Å². The van der Waals surface area contributed by atoms with Crippen LogP contribution >= 0.6 is 0 Å². The van der Waals surface area contributed by atoms with Crippen LogP contribution in [0.2, 0.25) is 0 Å². The maximum absolute atomic E-state index is 11.4. The van der Waals surface area contributed by atoms with Gasteiger partial charge in [-0.15, -0.1) is 0 Å². The monoisotopic (exact) mass is 220 g/mol. The van der Waals surface area contributed by atoms with E-state index >= 15 is 0 Å². The lowest BCUT2D eigenvalue weighted by molar-refractivity contribution is 0.395. The van der Waals surface area contributed by atoms with Crippen molar-refractivity contribution in [2.45, 2.75) is 57.1 Å². The molecule has 0 saturated heterocycles. The highest BCUT2D eigenvalue weighted by Crippen LogP contribution is 2.43. The van der Waals surface area contributed by atoms with E-state index < -0.39 is 14.9 Å². The lowest BCUT2D eigenvalue weighted by Gasteiger charge is -2.25. The second-order valence-corrected chi connectivity index (χ2v) is 6.43. The molecule has 0 heterocycles. The average molecular weight is 220 g/mol. The number of hydrogen-bond acceptors (Lipinski definition) is 2. The summed E-state index contributed by atoms with van der Waals surface area (Å²) in [4.78, 5) is 0. The van der Waals surface area contributed by atoms with Crippen molar-refractivity contribution in [3.05, 3.63) is 0 Å². The normalized spacial score (nSPS) is 33.5. The molecule has 0 amide bonds. The van der Waals surface area contributed by atoms with Crippen molar-refractivity contribution in [1.29, 1.82) is 0 Å². The van der Waals surface area contributed by atoms with Crippen LogP contribution in [0.3, 0.4) is 0 Å². The zero-order chi connectivity index (χ0) is 10.8. The van der Waals surface area contributed by atoms with Crippen LogP contribution in [0.15, 0.2) is 0 Å². The van der Waals surface area contributed by atoms with Crippen molar-refractivity contribution < 1.29 is 13.0 Å². The highest BCUT2D eigenvalue weighted by atomic mass is 32.2. The minimum atomic E-state index is -3.87. The first-order valence-corrected chi connectivity index (χ1v) is 6.82. The lowest BCUT2D eigenvalue weighted by atomic mass is 9.98. The van der Waals surface area contributed by atoms with Crippen molar-refractivity contribution in [2.24, 2.45) is 5.92 Å². The van der Waals surface area contributed by atoms with E-state index in [1.807, 2.05) is 6.92 Å². The van der Waals surface area contributed by atoms with E-state index in [2.05, 4.69) is 6.92 Å². The van der Waals surface area contributed by atoms with E-state index in [-0.39, 0.29) is 0 Å². The van der Waals surface area contributed by atoms with Gasteiger partial charge in [-0.25, -0.2) is 0 Å². The molecular formula is C10H20O3S. The van der Waals surface area contributed by atoms with Gasteiger partial charge in [-0.05, 0) is 31.6 Å². The van der Waals surface area contributed by atoms with Crippen LogP contribution in [-0.2, 0) is 10.1 Å². The van der Waals surface area contributed by atoms with Gasteiger partial charge >= 0.3 is 0 Å². The number of hydrogen-bond donors (Lipinski definition) is 1. The number of unbranched alkanes of at least 4 members (excludes halogenated alkanes) is 1. The van der Waals surface area contributed by atoms with E-state index in [0.29, 0.717) is 25.2 Å². The molecule has 0 aromatic rings. The quantitative estimate of drug-likeness (QED) is 0.741. The summed E-state index contributed by atoms with van der Waals surface area (Å²) in [6.07, 6.45) is 4.66. The first kappa shape index (κ1) is 12.0. The first-order valence-electron chi connectivity index (χ1n) is 5.38. The molecule has 2 atom stereocenters. The van der Waals surface area contributed by atoms with Gasteiger partial charge in [-0.3, -0.25) is 4.55 Å². The molecule has 2 unspecified atom stereocenters. The summed E-state index contributed by atoms with van der Waals surface area (Å²) in [5.41, 5.74) is 0. The van der Waals surface area contributed by atoms with Crippen LogP contribution in [0.25, 0.3) is 0 Å². The van der Waals surface area contributed by atoms with Crippen molar-refractivity contribution in [2.75, 3.05) is 0 Å². The van der Waals surface area contributed by atoms with Crippen LogP contribution in [0.1, 0.15) is 52.4 Å². The molecule has 3 nitrogen and oxygen atoms in total. The molecule has 0 spiro atoms. The summed E-state index contributed by atoms with van der Waals surface area (Å²) in [6, 6.07) is 0. The van der Waals surface area contributed by atoms with Crippen LogP contribution in [0, 0.1) is 5.92 Å². The first-order chi connectivity index (χ1) is 6.41. The molecule has 1 N–H and O–H groups in total. The fourth-order valence-corrected chi connectivity index (χ4v) is 3.71. The van der Waals surface area contributed by atoms with Crippen LogP contribution < -0.4 is 0 Å². The zero-order valence-electron chi connectivity index (χ0n) is 8.99. The third-order valence-corrected chi connectivity index (χ3v) is 5.02. The van der Waals surface area contributed by atoms with Crippen molar-refractivity contribution in [1.82, 2.24) is 0 Å². The second kappa shape index (κ2) is 4.19. The summed E-state index contributed by atoms with van der Waals surface area (Å²) < 4.78 is 31.2. The van der Waals surface area contributed by atoms with Crippen LogP contribution in [-0.4, -0.2) is 17.7 Å². The minimum absolute atomic E-state index is 0.425. The minimum Gasteiger partial charge on any atom is -0.285 e. The van der Waals surface area contributed by atoms with E-state index in [4.69, 9.17) is 0 Å². The fourth-order valence-electron chi connectivity index (χ4n) is 2.44. The summed E-state index contributed by atoms with van der Waals surface area (Å²) in [6.45, 7) is 4.09. The fraction of sp³-hybridized carbons (Fsp3) is 1.00. The van der Waals surface area contributed by atoms with Gasteiger partial charge in [0.1, 0.15) is 0 Å². The average Bonchev–Trinajstić information content (AvgIpc) is 2.44. The Labute approximate surface area is 86.6 Å². The zero-order valence-corrected chi connectivity index (χ0v) is 9.81. The molecule has 0 aromatic heterocycles. The highest BCUT2D eigenvalue weighted by Gasteiger charge is 2.46. The molecular weight excluding hydrogens is 200 g/mol. The predicted molar refractivity (Wildman–Crippen MR) is 56.8 cm³/mol. The molecule has 84 valence electrons. The van der Waals surface area contributed by atoms with Gasteiger partial charge in [-0.2, -0.15) is 8.42 Å². The van der Waals surface area contributed by atoms with Gasteiger partial charge in [0.2, 0.25) is 0 Å². The molecule has 1 aliphatic carbocycles. The van der Waals surface area contributed by atoms with Crippen molar-refractivity contribution in [3.8, 4) is 0 Å². The molecule has 0 radical (unpaired) electrons. The summed E-state index contributed by atoms with van der Waals surface area (Å²) in [7, 11) is -3.87. The topological polar surface area (TPSA) is 54.4 Å². The van der Waals surface area contributed by atoms with Crippen molar-refractivity contribution in [3.63, 3.8) is 0 Å². The van der Waals surface area contributed by atoms with Gasteiger partial charge < -0.3 is 0 Å². The smallest absolute Gasteiger partial charge is 0.270 e. The van der Waals surface area contributed by atoms with Crippen molar-refractivity contribution >= 4 is 10.1 Å². The maximum atomic E-state index is 11.4. The third kappa shape index (κ3) is 2.28. The van der Waals surface area contributed by atoms with Gasteiger partial charge in [-0.1, -0.05) is 26.7 Å². The predicted octanol–water partition coefficient (Wildman–Crippen LogP) is 2.62. The van der Waals surface area contributed by atoms with E-state index in [9.17, 15) is 13.0 Å². The molecule has 1 rings (SSSR count). The molecule has 14 heavy (non-hydrogen) atoms. The van der Waals surface area contributed by atoms with Gasteiger partial charge in [0.05, 0.1) is 4.75 Å². The third-order valence-electron chi connectivity index (χ3n) is 3.35. The van der Waals surface area contributed by atoms with E-state index in [1.54, 1.807) is 0 Å².